The summed E-state index contributed by atoms with van der Waals surface area (Å²) < 4.78 is 0. The Bertz CT molecular complexity index is 246. The quantitative estimate of drug-likeness (QED) is 0.697. The second kappa shape index (κ2) is 7.41. The monoisotopic (exact) mass is 206 g/mol. The molecule has 0 spiro atoms. The van der Waals surface area contributed by atoms with Crippen LogP contribution in [0.2, 0.25) is 0 Å². The number of rotatable bonds is 7. The first kappa shape index (κ1) is 12.2. The summed E-state index contributed by atoms with van der Waals surface area (Å²) >= 11 is 0. The van der Waals surface area contributed by atoms with Crippen LogP contribution >= 0.6 is 0 Å². The van der Waals surface area contributed by atoms with Gasteiger partial charge in [0, 0.05) is 18.4 Å². The van der Waals surface area contributed by atoms with E-state index in [1.165, 1.54) is 24.8 Å². The van der Waals surface area contributed by atoms with Crippen LogP contribution in [0.3, 0.4) is 0 Å². The van der Waals surface area contributed by atoms with Crippen molar-refractivity contribution in [1.82, 2.24) is 4.98 Å². The van der Waals surface area contributed by atoms with Crippen molar-refractivity contribution in [2.45, 2.75) is 51.5 Å². The molecular formula is C13H22N2. The molecule has 0 amide bonds. The van der Waals surface area contributed by atoms with Crippen LogP contribution in [0.1, 0.15) is 44.6 Å². The highest BCUT2D eigenvalue weighted by atomic mass is 14.6. The zero-order chi connectivity index (χ0) is 10.9. The lowest BCUT2D eigenvalue weighted by molar-refractivity contribution is 0.529. The molecule has 0 aliphatic heterocycles. The maximum absolute atomic E-state index is 6.04. The van der Waals surface area contributed by atoms with Crippen LogP contribution < -0.4 is 5.73 Å². The molecule has 0 fully saturated rings. The van der Waals surface area contributed by atoms with Gasteiger partial charge in [-0.2, -0.15) is 0 Å². The van der Waals surface area contributed by atoms with E-state index in [4.69, 9.17) is 5.73 Å². The molecule has 0 radical (unpaired) electrons. The van der Waals surface area contributed by atoms with Gasteiger partial charge in [0.25, 0.3) is 0 Å². The summed E-state index contributed by atoms with van der Waals surface area (Å²) in [6, 6.07) is 4.46. The van der Waals surface area contributed by atoms with Crippen molar-refractivity contribution in [1.29, 1.82) is 0 Å². The number of pyridine rings is 1. The van der Waals surface area contributed by atoms with Crippen LogP contribution in [0.5, 0.6) is 0 Å². The van der Waals surface area contributed by atoms with E-state index in [1.54, 1.807) is 0 Å². The number of aryl methyl sites for hydroxylation is 1. The Morgan fingerprint density at radius 1 is 1.33 bits per heavy atom. The third-order valence-electron chi connectivity index (χ3n) is 2.71. The number of unbranched alkanes of at least 4 members (excludes halogenated alkanes) is 2. The highest BCUT2D eigenvalue weighted by Crippen LogP contribution is 2.08. The van der Waals surface area contributed by atoms with Gasteiger partial charge < -0.3 is 5.73 Å². The van der Waals surface area contributed by atoms with Crippen molar-refractivity contribution in [3.63, 3.8) is 0 Å². The van der Waals surface area contributed by atoms with E-state index in [9.17, 15) is 0 Å². The fourth-order valence-electron chi connectivity index (χ4n) is 1.70. The van der Waals surface area contributed by atoms with Crippen molar-refractivity contribution < 1.29 is 0 Å². The van der Waals surface area contributed by atoms with Gasteiger partial charge in [-0.3, -0.25) is 4.98 Å². The zero-order valence-corrected chi connectivity index (χ0v) is 9.65. The third kappa shape index (κ3) is 5.53. The van der Waals surface area contributed by atoms with Gasteiger partial charge in [0.2, 0.25) is 0 Å². The second-order valence-corrected chi connectivity index (χ2v) is 4.16. The number of nitrogens with two attached hydrogens (primary N) is 1. The van der Waals surface area contributed by atoms with Crippen molar-refractivity contribution in [2.24, 2.45) is 5.73 Å². The predicted octanol–water partition coefficient (Wildman–Crippen LogP) is 2.92. The van der Waals surface area contributed by atoms with E-state index < -0.39 is 0 Å². The molecule has 1 aromatic rings. The first-order valence-electron chi connectivity index (χ1n) is 5.97. The van der Waals surface area contributed by atoms with Crippen molar-refractivity contribution >= 4 is 0 Å². The maximum atomic E-state index is 6.04. The Labute approximate surface area is 92.9 Å². The second-order valence-electron chi connectivity index (χ2n) is 4.16. The normalized spacial score (nSPS) is 12.7. The highest BCUT2D eigenvalue weighted by molar-refractivity contribution is 5.08. The SMILES string of the molecule is CCCCCC(N)CCc1cccnc1. The van der Waals surface area contributed by atoms with Crippen LogP contribution in [-0.2, 0) is 6.42 Å². The molecule has 2 nitrogen and oxygen atoms in total. The van der Waals surface area contributed by atoms with Gasteiger partial charge in [-0.1, -0.05) is 32.3 Å². The molecule has 1 heterocycles. The Hall–Kier alpha value is -0.890. The van der Waals surface area contributed by atoms with Crippen molar-refractivity contribution in [2.75, 3.05) is 0 Å². The summed E-state index contributed by atoms with van der Waals surface area (Å²) in [6.45, 7) is 2.22. The van der Waals surface area contributed by atoms with E-state index >= 15 is 0 Å². The molecule has 0 saturated heterocycles. The number of aromatic nitrogens is 1. The molecule has 84 valence electrons. The minimum absolute atomic E-state index is 0.358. The van der Waals surface area contributed by atoms with Crippen LogP contribution in [0.4, 0.5) is 0 Å². The smallest absolute Gasteiger partial charge is 0.0299 e. The summed E-state index contributed by atoms with van der Waals surface area (Å²) in [5.74, 6) is 0. The van der Waals surface area contributed by atoms with Crippen molar-refractivity contribution in [3.8, 4) is 0 Å². The van der Waals surface area contributed by atoms with Gasteiger partial charge in [0.15, 0.2) is 0 Å². The maximum Gasteiger partial charge on any atom is 0.0299 e. The first-order valence-corrected chi connectivity index (χ1v) is 5.97. The average molecular weight is 206 g/mol. The third-order valence-corrected chi connectivity index (χ3v) is 2.71. The van der Waals surface area contributed by atoms with E-state index in [1.807, 2.05) is 18.5 Å². The highest BCUT2D eigenvalue weighted by Gasteiger charge is 2.02. The summed E-state index contributed by atoms with van der Waals surface area (Å²) in [6.07, 6.45) is 10.9. The molecule has 0 aliphatic carbocycles. The molecule has 1 aromatic heterocycles. The average Bonchev–Trinajstić information content (AvgIpc) is 2.28. The Balaban J connectivity index is 2.14. The summed E-state index contributed by atoms with van der Waals surface area (Å²) in [7, 11) is 0. The number of hydrogen-bond donors (Lipinski definition) is 1. The standard InChI is InChI=1S/C13H22N2/c1-2-3-4-7-13(14)9-8-12-6-5-10-15-11-12/h5-6,10-11,13H,2-4,7-9,14H2,1H3. The van der Waals surface area contributed by atoms with E-state index in [-0.39, 0.29) is 0 Å². The molecule has 0 saturated carbocycles. The van der Waals surface area contributed by atoms with E-state index in [0.717, 1.165) is 19.3 Å². The Morgan fingerprint density at radius 3 is 2.87 bits per heavy atom. The van der Waals surface area contributed by atoms with Gasteiger partial charge in [0.05, 0.1) is 0 Å². The fourth-order valence-corrected chi connectivity index (χ4v) is 1.70. The molecule has 1 unspecified atom stereocenters. The summed E-state index contributed by atoms with van der Waals surface area (Å²) in [4.78, 5) is 4.10. The van der Waals surface area contributed by atoms with Gasteiger partial charge in [-0.05, 0) is 30.9 Å². The zero-order valence-electron chi connectivity index (χ0n) is 9.65. The fraction of sp³-hybridized carbons (Fsp3) is 0.615. The number of nitrogens with zero attached hydrogens (tertiary/aromatic N) is 1. The van der Waals surface area contributed by atoms with Gasteiger partial charge in [-0.25, -0.2) is 0 Å². The lowest BCUT2D eigenvalue weighted by Crippen LogP contribution is -2.20. The molecule has 1 rings (SSSR count). The molecular weight excluding hydrogens is 184 g/mol. The molecule has 2 heteroatoms. The Morgan fingerprint density at radius 2 is 2.20 bits per heavy atom. The van der Waals surface area contributed by atoms with Crippen LogP contribution in [-0.4, -0.2) is 11.0 Å². The first-order chi connectivity index (χ1) is 7.33. The molecule has 1 atom stereocenters. The predicted molar refractivity (Wildman–Crippen MR) is 64.7 cm³/mol. The molecule has 2 N–H and O–H groups in total. The minimum atomic E-state index is 0.358. The van der Waals surface area contributed by atoms with Crippen LogP contribution in [0, 0.1) is 0 Å². The Kier molecular flexibility index (Phi) is 6.02. The molecule has 0 aliphatic rings. The molecule has 0 bridgehead atoms. The topological polar surface area (TPSA) is 38.9 Å². The summed E-state index contributed by atoms with van der Waals surface area (Å²) in [5, 5.41) is 0. The molecule has 0 aromatic carbocycles. The van der Waals surface area contributed by atoms with Crippen LogP contribution in [0.15, 0.2) is 24.5 Å². The minimum Gasteiger partial charge on any atom is -0.328 e. The molecule has 15 heavy (non-hydrogen) atoms. The van der Waals surface area contributed by atoms with Crippen molar-refractivity contribution in [3.05, 3.63) is 30.1 Å². The number of hydrogen-bond acceptors (Lipinski definition) is 2. The van der Waals surface area contributed by atoms with Gasteiger partial charge >= 0.3 is 0 Å². The van der Waals surface area contributed by atoms with E-state index in [2.05, 4.69) is 18.0 Å². The van der Waals surface area contributed by atoms with Gasteiger partial charge in [0.1, 0.15) is 0 Å². The van der Waals surface area contributed by atoms with E-state index in [0.29, 0.717) is 6.04 Å². The lowest BCUT2D eigenvalue weighted by atomic mass is 10.0. The van der Waals surface area contributed by atoms with Gasteiger partial charge in [-0.15, -0.1) is 0 Å². The largest absolute Gasteiger partial charge is 0.328 e. The lowest BCUT2D eigenvalue weighted by Gasteiger charge is -2.10. The van der Waals surface area contributed by atoms with Crippen LogP contribution in [0.25, 0.3) is 0 Å². The summed E-state index contributed by atoms with van der Waals surface area (Å²) in [5.41, 5.74) is 7.34.